The first-order valence-corrected chi connectivity index (χ1v) is 10.0. The van der Waals surface area contributed by atoms with Gasteiger partial charge in [-0.1, -0.05) is 0 Å². The maximum atomic E-state index is 14.7. The molecule has 2 aliphatic heterocycles. The average Bonchev–Trinajstić information content (AvgIpc) is 3.50. The summed E-state index contributed by atoms with van der Waals surface area (Å²) in [6.45, 7) is 1.14. The number of halogens is 1. The van der Waals surface area contributed by atoms with Gasteiger partial charge in [-0.2, -0.15) is 5.10 Å². The Morgan fingerprint density at radius 1 is 1.19 bits per heavy atom. The number of hydrogen-bond donors (Lipinski definition) is 2. The number of anilines is 2. The van der Waals surface area contributed by atoms with E-state index in [0.29, 0.717) is 42.5 Å². The SMILES string of the molecule is CNc1cc(-c2cc3c(n4cnnc24)NCc2c(F)ccc4c2[C@H](CO4)CO3)n(C)n1. The standard InChI is InChI=1S/C21H20FN7O2/c1-23-18-6-15(28(2)27-18)12-5-17-21(29-10-25-26-20(12)29)24-7-13-14(22)3-4-16-19(13)11(8-30-16)9-31-17/h3-6,10-11,24H,7-9H2,1-2H3,(H,23,27)/t11-/m1/s1. The van der Waals surface area contributed by atoms with Crippen molar-refractivity contribution in [1.82, 2.24) is 24.4 Å². The molecule has 0 saturated heterocycles. The summed E-state index contributed by atoms with van der Waals surface area (Å²) < 4.78 is 30.4. The molecule has 0 saturated carbocycles. The second kappa shape index (κ2) is 6.59. The van der Waals surface area contributed by atoms with Crippen molar-refractivity contribution in [2.45, 2.75) is 12.5 Å². The third kappa shape index (κ3) is 2.64. The monoisotopic (exact) mass is 421 g/mol. The largest absolute Gasteiger partial charge is 0.493 e. The number of rotatable bonds is 2. The minimum absolute atomic E-state index is 0.0406. The number of hydrogen-bond acceptors (Lipinski definition) is 7. The van der Waals surface area contributed by atoms with Gasteiger partial charge in [0.25, 0.3) is 0 Å². The highest BCUT2D eigenvalue weighted by atomic mass is 19.1. The molecule has 9 nitrogen and oxygen atoms in total. The van der Waals surface area contributed by atoms with Gasteiger partial charge in [-0.05, 0) is 18.2 Å². The molecule has 4 aromatic rings. The van der Waals surface area contributed by atoms with Gasteiger partial charge in [0.15, 0.2) is 17.2 Å². The summed E-state index contributed by atoms with van der Waals surface area (Å²) in [6, 6.07) is 7.03. The van der Waals surface area contributed by atoms with Gasteiger partial charge in [0.2, 0.25) is 0 Å². The van der Waals surface area contributed by atoms with Crippen molar-refractivity contribution in [2.24, 2.45) is 7.05 Å². The van der Waals surface area contributed by atoms with Crippen molar-refractivity contribution in [1.29, 1.82) is 0 Å². The fourth-order valence-electron chi connectivity index (χ4n) is 4.41. The lowest BCUT2D eigenvalue weighted by Crippen LogP contribution is -2.13. The second-order valence-electron chi connectivity index (χ2n) is 7.69. The van der Waals surface area contributed by atoms with E-state index in [1.165, 1.54) is 6.07 Å². The molecule has 0 aliphatic carbocycles. The Balaban J connectivity index is 1.52. The lowest BCUT2D eigenvalue weighted by atomic mass is 9.96. The summed E-state index contributed by atoms with van der Waals surface area (Å²) in [5.74, 6) is 2.49. The van der Waals surface area contributed by atoms with Crippen LogP contribution in [0.2, 0.25) is 0 Å². The molecule has 1 atom stereocenters. The molecule has 2 N–H and O–H groups in total. The lowest BCUT2D eigenvalue weighted by Gasteiger charge is -2.16. The number of aromatic nitrogens is 5. The maximum Gasteiger partial charge on any atom is 0.171 e. The van der Waals surface area contributed by atoms with Crippen molar-refractivity contribution < 1.29 is 13.9 Å². The number of benzene rings is 1. The number of aryl methyl sites for hydroxylation is 1. The molecule has 0 fully saturated rings. The van der Waals surface area contributed by atoms with Crippen molar-refractivity contribution >= 4 is 17.3 Å². The summed E-state index contributed by atoms with van der Waals surface area (Å²) in [4.78, 5) is 0. The quantitative estimate of drug-likeness (QED) is 0.514. The van der Waals surface area contributed by atoms with Gasteiger partial charge >= 0.3 is 0 Å². The molecule has 3 aromatic heterocycles. The zero-order valence-corrected chi connectivity index (χ0v) is 17.0. The van der Waals surface area contributed by atoms with Gasteiger partial charge < -0.3 is 20.1 Å². The van der Waals surface area contributed by atoms with Gasteiger partial charge in [-0.25, -0.2) is 4.39 Å². The van der Waals surface area contributed by atoms with Crippen molar-refractivity contribution in [3.05, 3.63) is 47.5 Å². The Bertz CT molecular complexity index is 1330. The summed E-state index contributed by atoms with van der Waals surface area (Å²) in [5.41, 5.74) is 3.84. The van der Waals surface area contributed by atoms with E-state index in [4.69, 9.17) is 9.47 Å². The second-order valence-corrected chi connectivity index (χ2v) is 7.69. The third-order valence-corrected chi connectivity index (χ3v) is 5.93. The van der Waals surface area contributed by atoms with Gasteiger partial charge in [-0.3, -0.25) is 9.08 Å². The molecule has 0 amide bonds. The molecule has 31 heavy (non-hydrogen) atoms. The Morgan fingerprint density at radius 3 is 2.84 bits per heavy atom. The van der Waals surface area contributed by atoms with Crippen LogP contribution in [0.5, 0.6) is 11.5 Å². The first-order valence-electron chi connectivity index (χ1n) is 10.0. The van der Waals surface area contributed by atoms with Crippen LogP contribution in [-0.2, 0) is 13.6 Å². The number of pyridine rings is 1. The molecule has 0 spiro atoms. The molecule has 6 rings (SSSR count). The number of fused-ring (bicyclic) bond motifs is 3. The van der Waals surface area contributed by atoms with E-state index >= 15 is 0 Å². The molecule has 5 heterocycles. The van der Waals surface area contributed by atoms with E-state index in [0.717, 1.165) is 28.4 Å². The Labute approximate surface area is 176 Å². The van der Waals surface area contributed by atoms with Crippen LogP contribution >= 0.6 is 0 Å². The van der Waals surface area contributed by atoms with Crippen LogP contribution in [0.25, 0.3) is 16.9 Å². The average molecular weight is 421 g/mol. The van der Waals surface area contributed by atoms with Crippen LogP contribution in [0.15, 0.2) is 30.6 Å². The zero-order valence-electron chi connectivity index (χ0n) is 17.0. The van der Waals surface area contributed by atoms with E-state index in [1.54, 1.807) is 17.1 Å². The fourth-order valence-corrected chi connectivity index (χ4v) is 4.41. The topological polar surface area (TPSA) is 90.5 Å². The fraction of sp³-hybridized carbons (Fsp3) is 0.286. The Kier molecular flexibility index (Phi) is 3.83. The highest BCUT2D eigenvalue weighted by Crippen LogP contribution is 2.41. The molecule has 0 radical (unpaired) electrons. The van der Waals surface area contributed by atoms with Crippen molar-refractivity contribution in [2.75, 3.05) is 30.9 Å². The molecule has 1 aromatic carbocycles. The van der Waals surface area contributed by atoms with E-state index in [2.05, 4.69) is 25.9 Å². The smallest absolute Gasteiger partial charge is 0.171 e. The normalized spacial score (nSPS) is 16.9. The summed E-state index contributed by atoms with van der Waals surface area (Å²) in [7, 11) is 3.70. The maximum absolute atomic E-state index is 14.7. The third-order valence-electron chi connectivity index (χ3n) is 5.93. The minimum Gasteiger partial charge on any atom is -0.493 e. The first-order chi connectivity index (χ1) is 15.1. The molecule has 10 heteroatoms. The van der Waals surface area contributed by atoms with Crippen LogP contribution in [0.3, 0.4) is 0 Å². The predicted octanol–water partition coefficient (Wildman–Crippen LogP) is 2.79. The van der Waals surface area contributed by atoms with Crippen LogP contribution in [0.4, 0.5) is 16.0 Å². The van der Waals surface area contributed by atoms with E-state index < -0.39 is 0 Å². The highest BCUT2D eigenvalue weighted by molar-refractivity contribution is 5.81. The molecule has 0 unspecified atom stereocenters. The van der Waals surface area contributed by atoms with Crippen molar-refractivity contribution in [3.63, 3.8) is 0 Å². The number of ether oxygens (including phenoxy) is 2. The molecule has 158 valence electrons. The number of nitrogens with one attached hydrogen (secondary N) is 2. The summed E-state index contributed by atoms with van der Waals surface area (Å²) in [5, 5.41) is 19.3. The minimum atomic E-state index is -0.253. The molecular formula is C21H20FN7O2. The molecule has 2 aliphatic rings. The van der Waals surface area contributed by atoms with Crippen LogP contribution in [0, 0.1) is 5.82 Å². The van der Waals surface area contributed by atoms with Gasteiger partial charge in [0.1, 0.15) is 23.7 Å². The summed E-state index contributed by atoms with van der Waals surface area (Å²) in [6.07, 6.45) is 1.63. The van der Waals surface area contributed by atoms with Crippen LogP contribution < -0.4 is 20.1 Å². The van der Waals surface area contributed by atoms with E-state index in [-0.39, 0.29) is 11.7 Å². The Hall–Kier alpha value is -3.82. The van der Waals surface area contributed by atoms with E-state index in [9.17, 15) is 4.39 Å². The highest BCUT2D eigenvalue weighted by Gasteiger charge is 2.31. The Morgan fingerprint density at radius 2 is 2.03 bits per heavy atom. The summed E-state index contributed by atoms with van der Waals surface area (Å²) >= 11 is 0. The lowest BCUT2D eigenvalue weighted by molar-refractivity contribution is 0.249. The predicted molar refractivity (Wildman–Crippen MR) is 112 cm³/mol. The van der Waals surface area contributed by atoms with E-state index in [1.807, 2.05) is 30.6 Å². The van der Waals surface area contributed by atoms with Gasteiger partial charge in [-0.15, -0.1) is 10.2 Å². The molecular weight excluding hydrogens is 401 g/mol. The van der Waals surface area contributed by atoms with Crippen LogP contribution in [0.1, 0.15) is 17.0 Å². The van der Waals surface area contributed by atoms with Crippen LogP contribution in [-0.4, -0.2) is 44.6 Å². The van der Waals surface area contributed by atoms with Crippen molar-refractivity contribution in [3.8, 4) is 22.8 Å². The van der Waals surface area contributed by atoms with Gasteiger partial charge in [0.05, 0.1) is 24.8 Å². The zero-order chi connectivity index (χ0) is 21.1. The first kappa shape index (κ1) is 18.0. The van der Waals surface area contributed by atoms with Gasteiger partial charge in [0, 0.05) is 43.4 Å². The molecule has 0 bridgehead atoms. The number of nitrogens with zero attached hydrogens (tertiary/aromatic N) is 5.